The van der Waals surface area contributed by atoms with E-state index in [2.05, 4.69) is 69.6 Å². The van der Waals surface area contributed by atoms with E-state index >= 15 is 0 Å². The molecule has 0 unspecified atom stereocenters. The maximum atomic E-state index is 2.27. The van der Waals surface area contributed by atoms with Crippen LogP contribution in [0, 0.1) is 27.7 Å². The molecule has 1 heteroatoms. The number of benzene rings is 1. The quantitative estimate of drug-likeness (QED) is 0.656. The van der Waals surface area contributed by atoms with E-state index in [9.17, 15) is 0 Å². The molecule has 0 aliphatic heterocycles. The fourth-order valence-electron chi connectivity index (χ4n) is 2.35. The molecule has 0 aliphatic rings. The van der Waals surface area contributed by atoms with Crippen molar-refractivity contribution in [2.45, 2.75) is 27.7 Å². The maximum Gasteiger partial charge on any atom is 0.215 e. The number of nitrogens with zero attached hydrogens (tertiary/aromatic N) is 1. The Bertz CT molecular complexity index is 568. The highest BCUT2D eigenvalue weighted by Crippen LogP contribution is 2.24. The molecule has 2 aromatic rings. The van der Waals surface area contributed by atoms with Gasteiger partial charge >= 0.3 is 0 Å². The number of hydrogen-bond donors (Lipinski definition) is 0. The Hall–Kier alpha value is -1.63. The van der Waals surface area contributed by atoms with Gasteiger partial charge < -0.3 is 0 Å². The number of aryl methyl sites for hydroxylation is 4. The van der Waals surface area contributed by atoms with E-state index in [1.54, 1.807) is 0 Å². The van der Waals surface area contributed by atoms with Crippen molar-refractivity contribution in [2.75, 3.05) is 0 Å². The Balaban J connectivity index is 2.72. The van der Waals surface area contributed by atoms with Crippen LogP contribution in [0.1, 0.15) is 22.4 Å². The lowest BCUT2D eigenvalue weighted by Gasteiger charge is -2.09. The summed E-state index contributed by atoms with van der Waals surface area (Å²) in [5.41, 5.74) is 7.92. The molecule has 0 spiro atoms. The molecule has 0 amide bonds. The van der Waals surface area contributed by atoms with Crippen LogP contribution in [-0.4, -0.2) is 0 Å². The fourth-order valence-corrected chi connectivity index (χ4v) is 2.35. The Morgan fingerprint density at radius 2 is 1.53 bits per heavy atom. The molecule has 1 heterocycles. The van der Waals surface area contributed by atoms with E-state index in [-0.39, 0.29) is 0 Å². The number of hydrogen-bond acceptors (Lipinski definition) is 0. The zero-order chi connectivity index (χ0) is 12.6. The number of rotatable bonds is 1. The summed E-state index contributed by atoms with van der Waals surface area (Å²) in [6.45, 7) is 8.64. The van der Waals surface area contributed by atoms with Crippen LogP contribution < -0.4 is 4.57 Å². The van der Waals surface area contributed by atoms with Crippen molar-refractivity contribution in [3.8, 4) is 11.3 Å². The van der Waals surface area contributed by atoms with E-state index in [4.69, 9.17) is 0 Å². The van der Waals surface area contributed by atoms with Gasteiger partial charge in [-0.2, -0.15) is 4.57 Å². The van der Waals surface area contributed by atoms with Crippen LogP contribution in [0.2, 0.25) is 0 Å². The standard InChI is InChI=1S/C16H20N/c1-11-6-9-15(13(3)10-11)16-12(2)7-8-14(4)17(16)5/h6-10H,1-5H3/q+1. The summed E-state index contributed by atoms with van der Waals surface area (Å²) in [5.74, 6) is 0. The fraction of sp³-hybridized carbons (Fsp3) is 0.312. The van der Waals surface area contributed by atoms with Gasteiger partial charge in [-0.3, -0.25) is 0 Å². The van der Waals surface area contributed by atoms with Crippen LogP contribution in [-0.2, 0) is 7.05 Å². The first-order valence-corrected chi connectivity index (χ1v) is 6.04. The normalized spacial score (nSPS) is 10.6. The molecule has 1 aromatic heterocycles. The van der Waals surface area contributed by atoms with E-state index in [1.807, 2.05) is 0 Å². The van der Waals surface area contributed by atoms with Crippen molar-refractivity contribution in [3.05, 3.63) is 52.7 Å². The largest absolute Gasteiger partial charge is 0.215 e. The molecule has 0 radical (unpaired) electrons. The zero-order valence-corrected chi connectivity index (χ0v) is 11.3. The van der Waals surface area contributed by atoms with Gasteiger partial charge in [0.15, 0.2) is 5.69 Å². The van der Waals surface area contributed by atoms with Crippen molar-refractivity contribution in [3.63, 3.8) is 0 Å². The minimum Gasteiger partial charge on any atom is -0.198 e. The Labute approximate surface area is 104 Å². The molecule has 0 aliphatic carbocycles. The van der Waals surface area contributed by atoms with Crippen molar-refractivity contribution < 1.29 is 4.57 Å². The Kier molecular flexibility index (Phi) is 3.01. The molecule has 88 valence electrons. The molecule has 17 heavy (non-hydrogen) atoms. The van der Waals surface area contributed by atoms with Crippen LogP contribution >= 0.6 is 0 Å². The van der Waals surface area contributed by atoms with Crippen molar-refractivity contribution >= 4 is 0 Å². The van der Waals surface area contributed by atoms with Gasteiger partial charge in [-0.1, -0.05) is 17.7 Å². The van der Waals surface area contributed by atoms with Gasteiger partial charge in [0.05, 0.1) is 0 Å². The third-order valence-corrected chi connectivity index (χ3v) is 3.45. The Morgan fingerprint density at radius 1 is 0.824 bits per heavy atom. The van der Waals surface area contributed by atoms with Gasteiger partial charge in [0.1, 0.15) is 7.05 Å². The van der Waals surface area contributed by atoms with Crippen molar-refractivity contribution in [1.29, 1.82) is 0 Å². The Morgan fingerprint density at radius 3 is 2.18 bits per heavy atom. The zero-order valence-electron chi connectivity index (χ0n) is 11.3. The van der Waals surface area contributed by atoms with Gasteiger partial charge in [-0.25, -0.2) is 0 Å². The highest BCUT2D eigenvalue weighted by atomic mass is 14.9. The predicted molar refractivity (Wildman–Crippen MR) is 72.0 cm³/mol. The lowest BCUT2D eigenvalue weighted by atomic mass is 9.99. The summed E-state index contributed by atoms with van der Waals surface area (Å²) in [5, 5.41) is 0. The maximum absolute atomic E-state index is 2.27. The lowest BCUT2D eigenvalue weighted by Crippen LogP contribution is -2.35. The molecule has 0 fully saturated rings. The van der Waals surface area contributed by atoms with Crippen LogP contribution in [0.5, 0.6) is 0 Å². The van der Waals surface area contributed by atoms with E-state index in [1.165, 1.54) is 33.6 Å². The minimum absolute atomic E-state index is 1.28. The first-order valence-electron chi connectivity index (χ1n) is 6.04. The number of aromatic nitrogens is 1. The van der Waals surface area contributed by atoms with Gasteiger partial charge in [-0.05, 0) is 38.5 Å². The third kappa shape index (κ3) is 2.10. The molecule has 1 nitrogen and oxygen atoms in total. The predicted octanol–water partition coefficient (Wildman–Crippen LogP) is 3.41. The first-order chi connectivity index (χ1) is 8.00. The van der Waals surface area contributed by atoms with Gasteiger partial charge in [0, 0.05) is 24.1 Å². The van der Waals surface area contributed by atoms with Gasteiger partial charge in [-0.15, -0.1) is 0 Å². The van der Waals surface area contributed by atoms with Crippen molar-refractivity contribution in [1.82, 2.24) is 0 Å². The summed E-state index contributed by atoms with van der Waals surface area (Å²) in [6.07, 6.45) is 0. The highest BCUT2D eigenvalue weighted by molar-refractivity contribution is 5.64. The number of pyridine rings is 1. The summed E-state index contributed by atoms with van der Waals surface area (Å²) >= 11 is 0. The van der Waals surface area contributed by atoms with E-state index in [0.717, 1.165) is 0 Å². The van der Waals surface area contributed by atoms with Crippen LogP contribution in [0.25, 0.3) is 11.3 Å². The average Bonchev–Trinajstić information content (AvgIpc) is 2.27. The molecule has 0 saturated heterocycles. The van der Waals surface area contributed by atoms with Crippen LogP contribution in [0.3, 0.4) is 0 Å². The monoisotopic (exact) mass is 226 g/mol. The van der Waals surface area contributed by atoms with E-state index in [0.29, 0.717) is 0 Å². The summed E-state index contributed by atoms with van der Waals surface area (Å²) < 4.78 is 2.27. The topological polar surface area (TPSA) is 3.88 Å². The third-order valence-electron chi connectivity index (χ3n) is 3.45. The molecule has 1 aromatic carbocycles. The minimum atomic E-state index is 1.28. The second kappa shape index (κ2) is 4.33. The molecular weight excluding hydrogens is 206 g/mol. The summed E-state index contributed by atoms with van der Waals surface area (Å²) in [6, 6.07) is 11.0. The second-order valence-electron chi connectivity index (χ2n) is 4.88. The first kappa shape index (κ1) is 11.8. The SMILES string of the molecule is Cc1ccc(-c2c(C)ccc(C)[n+]2C)c(C)c1. The summed E-state index contributed by atoms with van der Waals surface area (Å²) in [4.78, 5) is 0. The molecular formula is C16H20N+. The van der Waals surface area contributed by atoms with Crippen molar-refractivity contribution in [2.24, 2.45) is 7.05 Å². The van der Waals surface area contributed by atoms with Crippen LogP contribution in [0.4, 0.5) is 0 Å². The van der Waals surface area contributed by atoms with Crippen LogP contribution in [0.15, 0.2) is 30.3 Å². The second-order valence-corrected chi connectivity index (χ2v) is 4.88. The lowest BCUT2D eigenvalue weighted by molar-refractivity contribution is -0.667. The molecule has 2 rings (SSSR count). The highest BCUT2D eigenvalue weighted by Gasteiger charge is 2.17. The average molecular weight is 226 g/mol. The molecule has 0 saturated carbocycles. The molecule has 0 N–H and O–H groups in total. The molecule has 0 bridgehead atoms. The smallest absolute Gasteiger partial charge is 0.198 e. The van der Waals surface area contributed by atoms with E-state index < -0.39 is 0 Å². The summed E-state index contributed by atoms with van der Waals surface area (Å²) in [7, 11) is 2.14. The molecule has 0 atom stereocenters. The van der Waals surface area contributed by atoms with Gasteiger partial charge in [0.25, 0.3) is 0 Å². The van der Waals surface area contributed by atoms with Gasteiger partial charge in [0.2, 0.25) is 5.69 Å².